The van der Waals surface area contributed by atoms with Crippen molar-refractivity contribution in [3.8, 4) is 0 Å². The fraction of sp³-hybridized carbons (Fsp3) is 0.333. The fourth-order valence-electron chi connectivity index (χ4n) is 4.72. The van der Waals surface area contributed by atoms with Crippen molar-refractivity contribution in [1.29, 1.82) is 0 Å². The van der Waals surface area contributed by atoms with E-state index in [0.717, 1.165) is 22.0 Å². The number of benzene rings is 2. The molecule has 0 radical (unpaired) electrons. The third kappa shape index (κ3) is 3.08. The van der Waals surface area contributed by atoms with Crippen LogP contribution in [-0.2, 0) is 16.8 Å². The molecule has 0 spiro atoms. The Morgan fingerprint density at radius 2 is 1.89 bits per heavy atom. The summed E-state index contributed by atoms with van der Waals surface area (Å²) in [5, 5.41) is 23.5. The lowest BCUT2D eigenvalue weighted by atomic mass is 9.86. The second kappa shape index (κ2) is 6.48. The molecule has 2 aromatic carbocycles. The van der Waals surface area contributed by atoms with Gasteiger partial charge in [0, 0.05) is 21.5 Å². The molecule has 5 nitrogen and oxygen atoms in total. The van der Waals surface area contributed by atoms with Gasteiger partial charge in [-0.05, 0) is 60.1 Å². The van der Waals surface area contributed by atoms with Crippen LogP contribution < -0.4 is 5.32 Å². The van der Waals surface area contributed by atoms with Crippen molar-refractivity contribution < 1.29 is 9.90 Å². The van der Waals surface area contributed by atoms with Gasteiger partial charge < -0.3 is 10.4 Å². The molecule has 2 aliphatic carbocycles. The van der Waals surface area contributed by atoms with Crippen molar-refractivity contribution in [3.05, 3.63) is 63.8 Å². The van der Waals surface area contributed by atoms with Crippen molar-refractivity contribution >= 4 is 40.0 Å². The number of amides is 1. The predicted octanol–water partition coefficient (Wildman–Crippen LogP) is 3.82. The van der Waals surface area contributed by atoms with Gasteiger partial charge >= 0.3 is 0 Å². The van der Waals surface area contributed by atoms with Crippen molar-refractivity contribution in [1.82, 2.24) is 15.5 Å². The fourth-order valence-corrected chi connectivity index (χ4v) is 5.07. The van der Waals surface area contributed by atoms with E-state index in [2.05, 4.69) is 15.5 Å². The first kappa shape index (κ1) is 18.0. The summed E-state index contributed by atoms with van der Waals surface area (Å²) in [5.74, 6) is 0.588. The minimum absolute atomic E-state index is 0.00485. The first-order valence-corrected chi connectivity index (χ1v) is 10.1. The molecular formula is C21H19Cl2N3O2. The minimum atomic E-state index is -0.931. The average molecular weight is 416 g/mol. The van der Waals surface area contributed by atoms with Crippen LogP contribution in [0.1, 0.15) is 24.0 Å². The largest absolute Gasteiger partial charge is 0.385 e. The average Bonchev–Trinajstić information content (AvgIpc) is 3.03. The number of nitrogens with one attached hydrogen (secondary N) is 2. The number of hydrogen-bond acceptors (Lipinski definition) is 3. The number of carbonyl (C=O) groups excluding carboxylic acids is 1. The van der Waals surface area contributed by atoms with E-state index in [1.54, 1.807) is 18.3 Å². The van der Waals surface area contributed by atoms with Crippen LogP contribution in [0.3, 0.4) is 0 Å². The van der Waals surface area contributed by atoms with Crippen LogP contribution >= 0.6 is 23.2 Å². The Balaban J connectivity index is 1.26. The Labute approximate surface area is 172 Å². The van der Waals surface area contributed by atoms with Crippen LogP contribution in [0.25, 0.3) is 10.9 Å². The van der Waals surface area contributed by atoms with Gasteiger partial charge in [-0.2, -0.15) is 5.10 Å². The van der Waals surface area contributed by atoms with E-state index in [9.17, 15) is 9.90 Å². The van der Waals surface area contributed by atoms with E-state index in [0.29, 0.717) is 41.1 Å². The number of aromatic nitrogens is 2. The summed E-state index contributed by atoms with van der Waals surface area (Å²) in [7, 11) is 0. The normalized spacial score (nSPS) is 28.3. The zero-order chi connectivity index (χ0) is 19.5. The van der Waals surface area contributed by atoms with E-state index in [4.69, 9.17) is 23.2 Å². The van der Waals surface area contributed by atoms with Gasteiger partial charge in [0.1, 0.15) is 0 Å². The molecular weight excluding hydrogens is 397 g/mol. The van der Waals surface area contributed by atoms with Crippen LogP contribution in [0.4, 0.5) is 0 Å². The number of hydrogen-bond donors (Lipinski definition) is 3. The van der Waals surface area contributed by atoms with Gasteiger partial charge in [-0.25, -0.2) is 0 Å². The zero-order valence-electron chi connectivity index (χ0n) is 15.0. The molecule has 2 saturated carbocycles. The zero-order valence-corrected chi connectivity index (χ0v) is 16.5. The molecule has 2 aliphatic rings. The quantitative estimate of drug-likeness (QED) is 0.605. The Morgan fingerprint density at radius 1 is 1.18 bits per heavy atom. The monoisotopic (exact) mass is 415 g/mol. The highest BCUT2D eigenvalue weighted by atomic mass is 35.5. The smallest absolute Gasteiger partial charge is 0.224 e. The molecule has 5 rings (SSSR count). The number of rotatable bonds is 4. The maximum atomic E-state index is 12.4. The molecule has 7 heteroatoms. The van der Waals surface area contributed by atoms with Gasteiger partial charge in [0.15, 0.2) is 0 Å². The Bertz CT molecular complexity index is 1050. The van der Waals surface area contributed by atoms with E-state index in [-0.39, 0.29) is 11.9 Å². The lowest BCUT2D eigenvalue weighted by Gasteiger charge is -2.27. The van der Waals surface area contributed by atoms with Gasteiger partial charge in [-0.3, -0.25) is 9.89 Å². The summed E-state index contributed by atoms with van der Waals surface area (Å²) < 4.78 is 0. The van der Waals surface area contributed by atoms with Gasteiger partial charge in [0.25, 0.3) is 0 Å². The number of halogens is 2. The molecule has 3 aromatic rings. The molecule has 0 saturated heterocycles. The summed E-state index contributed by atoms with van der Waals surface area (Å²) >= 11 is 12.1. The topological polar surface area (TPSA) is 78.0 Å². The van der Waals surface area contributed by atoms with E-state index < -0.39 is 5.60 Å². The maximum Gasteiger partial charge on any atom is 0.224 e. The Kier molecular flexibility index (Phi) is 4.16. The molecule has 4 atom stereocenters. The lowest BCUT2D eigenvalue weighted by molar-refractivity contribution is -0.120. The first-order chi connectivity index (χ1) is 13.4. The summed E-state index contributed by atoms with van der Waals surface area (Å²) in [6.07, 6.45) is 3.30. The molecule has 28 heavy (non-hydrogen) atoms. The van der Waals surface area contributed by atoms with Crippen LogP contribution in [0.2, 0.25) is 10.0 Å². The molecule has 144 valence electrons. The first-order valence-electron chi connectivity index (χ1n) is 9.32. The van der Waals surface area contributed by atoms with Crippen molar-refractivity contribution in [2.75, 3.05) is 0 Å². The minimum Gasteiger partial charge on any atom is -0.385 e. The molecule has 0 bridgehead atoms. The van der Waals surface area contributed by atoms with Crippen LogP contribution in [0.5, 0.6) is 0 Å². The molecule has 0 aliphatic heterocycles. The summed E-state index contributed by atoms with van der Waals surface area (Å²) in [6.45, 7) is 0. The number of fused-ring (bicyclic) bond motifs is 2. The van der Waals surface area contributed by atoms with E-state index in [1.807, 2.05) is 24.3 Å². The number of aliphatic hydroxyl groups is 1. The number of H-pyrrole nitrogens is 1. The van der Waals surface area contributed by atoms with Crippen molar-refractivity contribution in [3.63, 3.8) is 0 Å². The number of nitrogens with zero attached hydrogens (tertiary/aromatic N) is 1. The van der Waals surface area contributed by atoms with Crippen LogP contribution in [0, 0.1) is 11.8 Å². The summed E-state index contributed by atoms with van der Waals surface area (Å²) in [6, 6.07) is 11.1. The lowest BCUT2D eigenvalue weighted by Crippen LogP contribution is -2.34. The molecule has 1 unspecified atom stereocenters. The van der Waals surface area contributed by atoms with Crippen molar-refractivity contribution in [2.24, 2.45) is 11.8 Å². The highest BCUT2D eigenvalue weighted by Crippen LogP contribution is 2.60. The molecule has 1 heterocycles. The van der Waals surface area contributed by atoms with Gasteiger partial charge in [-0.1, -0.05) is 35.3 Å². The van der Waals surface area contributed by atoms with E-state index >= 15 is 0 Å². The second-order valence-electron chi connectivity index (χ2n) is 7.95. The third-order valence-corrected chi connectivity index (χ3v) is 6.58. The Morgan fingerprint density at radius 3 is 2.61 bits per heavy atom. The Hall–Kier alpha value is -2.08. The summed E-state index contributed by atoms with van der Waals surface area (Å²) in [5.41, 5.74) is 1.65. The van der Waals surface area contributed by atoms with Gasteiger partial charge in [0.05, 0.1) is 23.7 Å². The second-order valence-corrected chi connectivity index (χ2v) is 8.82. The predicted molar refractivity (Wildman–Crippen MR) is 108 cm³/mol. The standard InChI is InChI=1S/C21H19Cl2N3O2/c22-12-3-1-11(2-4-12)5-19(27)25-20-14-8-21(28,9-15(14)20)17-6-13(23)7-18-16(17)10-24-26-18/h1-4,6-7,10,14-15,20,28H,5,8-9H2,(H,24,26)(H,25,27)/t14-,15+,20?,21+. The van der Waals surface area contributed by atoms with Crippen LogP contribution in [0.15, 0.2) is 42.6 Å². The molecule has 2 fully saturated rings. The van der Waals surface area contributed by atoms with Crippen LogP contribution in [-0.4, -0.2) is 27.3 Å². The van der Waals surface area contributed by atoms with Crippen molar-refractivity contribution in [2.45, 2.75) is 30.9 Å². The molecule has 3 N–H and O–H groups in total. The number of carbonyl (C=O) groups is 1. The van der Waals surface area contributed by atoms with Gasteiger partial charge in [0.2, 0.25) is 5.91 Å². The van der Waals surface area contributed by atoms with Gasteiger partial charge in [-0.15, -0.1) is 0 Å². The highest BCUT2D eigenvalue weighted by Gasteiger charge is 2.62. The SMILES string of the molecule is O=C(Cc1ccc(Cl)cc1)NC1[C@H]2C[C@](O)(c3cc(Cl)cc4[nH]ncc34)C[C@@H]12. The molecule has 1 amide bonds. The van der Waals surface area contributed by atoms with E-state index in [1.165, 1.54) is 0 Å². The third-order valence-electron chi connectivity index (χ3n) is 6.11. The maximum absolute atomic E-state index is 12.4. The number of aromatic amines is 1. The highest BCUT2D eigenvalue weighted by molar-refractivity contribution is 6.31. The summed E-state index contributed by atoms with van der Waals surface area (Å²) in [4.78, 5) is 12.4. The molecule has 1 aromatic heterocycles.